The zero-order valence-electron chi connectivity index (χ0n) is 10.3. The normalized spacial score (nSPS) is 10.3. The molecule has 0 unspecified atom stereocenters. The Balaban J connectivity index is 2.09. The van der Waals surface area contributed by atoms with Crippen molar-refractivity contribution in [3.05, 3.63) is 42.0 Å². The van der Waals surface area contributed by atoms with Gasteiger partial charge in [0.25, 0.3) is 0 Å². The predicted molar refractivity (Wildman–Crippen MR) is 76.4 cm³/mol. The van der Waals surface area contributed by atoms with Crippen molar-refractivity contribution in [1.29, 1.82) is 0 Å². The molecule has 18 heavy (non-hydrogen) atoms. The van der Waals surface area contributed by atoms with E-state index < -0.39 is 0 Å². The van der Waals surface area contributed by atoms with Gasteiger partial charge < -0.3 is 4.74 Å². The van der Waals surface area contributed by atoms with Crippen molar-refractivity contribution in [2.75, 3.05) is 12.5 Å². The summed E-state index contributed by atoms with van der Waals surface area (Å²) in [5.74, 6) is 0. The van der Waals surface area contributed by atoms with Gasteiger partial charge in [0.05, 0.1) is 0 Å². The van der Waals surface area contributed by atoms with Gasteiger partial charge in [-0.1, -0.05) is 30.3 Å². The van der Waals surface area contributed by atoms with E-state index in [9.17, 15) is 0 Å². The second-order valence-electron chi connectivity index (χ2n) is 3.51. The third-order valence-electron chi connectivity index (χ3n) is 2.29. The Labute approximate surface area is 115 Å². The van der Waals surface area contributed by atoms with Crippen molar-refractivity contribution in [3.63, 3.8) is 0 Å². The van der Waals surface area contributed by atoms with Gasteiger partial charge in [0.2, 0.25) is 0 Å². The maximum absolute atomic E-state index is 5.63. The third kappa shape index (κ3) is 3.65. The molecule has 5 heteroatoms. The Morgan fingerprint density at radius 3 is 2.17 bits per heavy atom. The molecule has 0 fully saturated rings. The van der Waals surface area contributed by atoms with E-state index in [0.717, 1.165) is 15.6 Å². The van der Waals surface area contributed by atoms with Crippen LogP contribution in [-0.4, -0.2) is 22.5 Å². The van der Waals surface area contributed by atoms with Crippen LogP contribution in [0.5, 0.6) is 6.01 Å². The van der Waals surface area contributed by atoms with Crippen LogP contribution in [0.15, 0.2) is 46.5 Å². The fraction of sp³-hybridized carbons (Fsp3) is 0.231. The van der Waals surface area contributed by atoms with E-state index in [1.165, 1.54) is 0 Å². The first-order valence-corrected chi connectivity index (χ1v) is 7.90. The standard InChI is InChI=1S/C13H14N2OS2/c1-17-11-8-12(18-2)15-13(14-11)16-9-10-6-4-3-5-7-10/h3-8H,9H2,1-2H3. The van der Waals surface area contributed by atoms with E-state index in [4.69, 9.17) is 4.74 Å². The Hall–Kier alpha value is -1.20. The number of benzene rings is 1. The average molecular weight is 278 g/mol. The third-order valence-corrected chi connectivity index (χ3v) is 3.54. The summed E-state index contributed by atoms with van der Waals surface area (Å²) in [6, 6.07) is 12.4. The van der Waals surface area contributed by atoms with Gasteiger partial charge in [-0.2, -0.15) is 9.97 Å². The molecule has 0 amide bonds. The van der Waals surface area contributed by atoms with Gasteiger partial charge in [-0.3, -0.25) is 0 Å². The first-order valence-electron chi connectivity index (χ1n) is 5.45. The number of nitrogens with zero attached hydrogens (tertiary/aromatic N) is 2. The van der Waals surface area contributed by atoms with Gasteiger partial charge >= 0.3 is 6.01 Å². The van der Waals surface area contributed by atoms with Crippen LogP contribution in [0, 0.1) is 0 Å². The molecule has 3 nitrogen and oxygen atoms in total. The minimum absolute atomic E-state index is 0.440. The lowest BCUT2D eigenvalue weighted by Crippen LogP contribution is -2.00. The molecule has 1 heterocycles. The molecular weight excluding hydrogens is 264 g/mol. The van der Waals surface area contributed by atoms with E-state index in [0.29, 0.717) is 12.6 Å². The second-order valence-corrected chi connectivity index (χ2v) is 5.16. The quantitative estimate of drug-likeness (QED) is 0.618. The largest absolute Gasteiger partial charge is 0.459 e. The first-order chi connectivity index (χ1) is 8.81. The Morgan fingerprint density at radius 1 is 1.00 bits per heavy atom. The van der Waals surface area contributed by atoms with Gasteiger partial charge in [-0.15, -0.1) is 23.5 Å². The molecular formula is C13H14N2OS2. The lowest BCUT2D eigenvalue weighted by atomic mass is 10.2. The summed E-state index contributed by atoms with van der Waals surface area (Å²) >= 11 is 3.18. The highest BCUT2D eigenvalue weighted by Crippen LogP contribution is 2.21. The van der Waals surface area contributed by atoms with Crippen LogP contribution >= 0.6 is 23.5 Å². The van der Waals surface area contributed by atoms with E-state index in [-0.39, 0.29) is 0 Å². The van der Waals surface area contributed by atoms with E-state index >= 15 is 0 Å². The van der Waals surface area contributed by atoms with Crippen molar-refractivity contribution in [2.45, 2.75) is 16.7 Å². The first kappa shape index (κ1) is 13.2. The molecule has 1 aromatic heterocycles. The monoisotopic (exact) mass is 278 g/mol. The molecule has 0 aliphatic heterocycles. The minimum Gasteiger partial charge on any atom is -0.459 e. The fourth-order valence-corrected chi connectivity index (χ4v) is 2.25. The van der Waals surface area contributed by atoms with Crippen LogP contribution in [0.25, 0.3) is 0 Å². The Kier molecular flexibility index (Phi) is 4.90. The zero-order valence-corrected chi connectivity index (χ0v) is 11.9. The molecule has 0 atom stereocenters. The van der Waals surface area contributed by atoms with Crippen LogP contribution in [0.3, 0.4) is 0 Å². The lowest BCUT2D eigenvalue weighted by molar-refractivity contribution is 0.275. The molecule has 94 valence electrons. The molecule has 0 bridgehead atoms. The van der Waals surface area contributed by atoms with Crippen LogP contribution < -0.4 is 4.74 Å². The predicted octanol–water partition coefficient (Wildman–Crippen LogP) is 3.50. The summed E-state index contributed by atoms with van der Waals surface area (Å²) in [5.41, 5.74) is 1.11. The van der Waals surface area contributed by atoms with E-state index in [2.05, 4.69) is 9.97 Å². The molecule has 1 aromatic carbocycles. The summed E-state index contributed by atoms with van der Waals surface area (Å²) < 4.78 is 5.63. The fourth-order valence-electron chi connectivity index (χ4n) is 1.38. The van der Waals surface area contributed by atoms with Gasteiger partial charge in [0.1, 0.15) is 16.7 Å². The average Bonchev–Trinajstić information content (AvgIpc) is 2.45. The van der Waals surface area contributed by atoms with Crippen molar-refractivity contribution >= 4 is 23.5 Å². The van der Waals surface area contributed by atoms with Gasteiger partial charge in [-0.05, 0) is 18.1 Å². The topological polar surface area (TPSA) is 35.0 Å². The molecule has 0 spiro atoms. The van der Waals surface area contributed by atoms with Crippen LogP contribution in [0.4, 0.5) is 0 Å². The number of rotatable bonds is 5. The molecule has 0 aliphatic carbocycles. The highest BCUT2D eigenvalue weighted by molar-refractivity contribution is 7.99. The Morgan fingerprint density at radius 2 is 1.61 bits per heavy atom. The summed E-state index contributed by atoms with van der Waals surface area (Å²) in [6.45, 7) is 0.493. The zero-order chi connectivity index (χ0) is 12.8. The number of aromatic nitrogens is 2. The summed E-state index contributed by atoms with van der Waals surface area (Å²) in [7, 11) is 0. The van der Waals surface area contributed by atoms with Crippen molar-refractivity contribution in [2.24, 2.45) is 0 Å². The maximum atomic E-state index is 5.63. The minimum atomic E-state index is 0.440. The molecule has 0 aliphatic rings. The molecule has 0 saturated carbocycles. The summed E-state index contributed by atoms with van der Waals surface area (Å²) in [5, 5.41) is 1.86. The van der Waals surface area contributed by atoms with E-state index in [1.54, 1.807) is 23.5 Å². The summed E-state index contributed by atoms with van der Waals surface area (Å²) in [6.07, 6.45) is 3.99. The smallest absolute Gasteiger partial charge is 0.318 e. The molecule has 0 radical (unpaired) electrons. The summed E-state index contributed by atoms with van der Waals surface area (Å²) in [4.78, 5) is 8.66. The molecule has 2 aromatic rings. The van der Waals surface area contributed by atoms with Gasteiger partial charge in [0.15, 0.2) is 0 Å². The SMILES string of the molecule is CSc1cc(SC)nc(OCc2ccccc2)n1. The Bertz CT molecular complexity index is 483. The molecule has 0 saturated heterocycles. The van der Waals surface area contributed by atoms with Crippen molar-refractivity contribution in [1.82, 2.24) is 9.97 Å². The highest BCUT2D eigenvalue weighted by Gasteiger charge is 2.05. The number of hydrogen-bond donors (Lipinski definition) is 0. The molecule has 2 rings (SSSR count). The van der Waals surface area contributed by atoms with Crippen LogP contribution in [0.1, 0.15) is 5.56 Å². The number of ether oxygens (including phenoxy) is 1. The number of thioether (sulfide) groups is 2. The van der Waals surface area contributed by atoms with Crippen LogP contribution in [0.2, 0.25) is 0 Å². The highest BCUT2D eigenvalue weighted by atomic mass is 32.2. The van der Waals surface area contributed by atoms with Gasteiger partial charge in [-0.25, -0.2) is 0 Å². The lowest BCUT2D eigenvalue weighted by Gasteiger charge is -2.07. The van der Waals surface area contributed by atoms with Crippen molar-refractivity contribution < 1.29 is 4.74 Å². The van der Waals surface area contributed by atoms with Crippen LogP contribution in [-0.2, 0) is 6.61 Å². The van der Waals surface area contributed by atoms with Gasteiger partial charge in [0, 0.05) is 6.07 Å². The molecule has 0 N–H and O–H groups in total. The van der Waals surface area contributed by atoms with Crippen molar-refractivity contribution in [3.8, 4) is 6.01 Å². The second kappa shape index (κ2) is 6.66. The number of hydrogen-bond acceptors (Lipinski definition) is 5. The van der Waals surface area contributed by atoms with E-state index in [1.807, 2.05) is 48.9 Å². The maximum Gasteiger partial charge on any atom is 0.318 e.